The summed E-state index contributed by atoms with van der Waals surface area (Å²) in [6, 6.07) is 14.2. The Hall–Kier alpha value is -0.970. The molecular weight excluding hydrogens is 322 g/mol. The van der Waals surface area contributed by atoms with Gasteiger partial charge in [-0.05, 0) is 37.6 Å². The van der Waals surface area contributed by atoms with Crippen LogP contribution in [0.25, 0.3) is 0 Å². The highest BCUT2D eigenvalue weighted by molar-refractivity contribution is 9.10. The van der Waals surface area contributed by atoms with Crippen LogP contribution in [0.2, 0.25) is 0 Å². The zero-order valence-corrected chi connectivity index (χ0v) is 13.3. The minimum absolute atomic E-state index is 0.782. The predicted molar refractivity (Wildman–Crippen MR) is 85.2 cm³/mol. The number of hydrogen-bond donors (Lipinski definition) is 1. The maximum atomic E-state index is 6.07. The lowest BCUT2D eigenvalue weighted by Crippen LogP contribution is -2.06. The van der Waals surface area contributed by atoms with Crippen LogP contribution in [0.3, 0.4) is 0 Å². The SMILES string of the molecule is CNCc1ccc(Br)cc1Oc1ccccc1SC. The molecule has 0 fully saturated rings. The van der Waals surface area contributed by atoms with Crippen LogP contribution < -0.4 is 10.1 Å². The molecule has 0 aromatic heterocycles. The van der Waals surface area contributed by atoms with Gasteiger partial charge in [-0.2, -0.15) is 0 Å². The molecule has 4 heteroatoms. The molecule has 0 radical (unpaired) electrons. The number of halogens is 1. The van der Waals surface area contributed by atoms with E-state index < -0.39 is 0 Å². The van der Waals surface area contributed by atoms with Crippen LogP contribution in [0.5, 0.6) is 11.5 Å². The molecule has 2 aromatic carbocycles. The summed E-state index contributed by atoms with van der Waals surface area (Å²) in [5.41, 5.74) is 1.14. The third kappa shape index (κ3) is 3.75. The molecule has 2 rings (SSSR count). The summed E-state index contributed by atoms with van der Waals surface area (Å²) in [6.07, 6.45) is 2.05. The summed E-state index contributed by atoms with van der Waals surface area (Å²) in [4.78, 5) is 1.14. The van der Waals surface area contributed by atoms with Crippen LogP contribution >= 0.6 is 27.7 Å². The third-order valence-electron chi connectivity index (χ3n) is 2.69. The molecule has 0 unspecified atom stereocenters. The second-order valence-electron chi connectivity index (χ2n) is 4.04. The Morgan fingerprint density at radius 1 is 1.16 bits per heavy atom. The van der Waals surface area contributed by atoms with Crippen molar-refractivity contribution in [3.8, 4) is 11.5 Å². The summed E-state index contributed by atoms with van der Waals surface area (Å²) < 4.78 is 7.09. The second kappa shape index (κ2) is 6.98. The van der Waals surface area contributed by atoms with Crippen molar-refractivity contribution in [3.05, 3.63) is 52.5 Å². The molecule has 0 amide bonds. The smallest absolute Gasteiger partial charge is 0.140 e. The van der Waals surface area contributed by atoms with Gasteiger partial charge in [0.15, 0.2) is 0 Å². The Morgan fingerprint density at radius 3 is 2.68 bits per heavy atom. The van der Waals surface area contributed by atoms with Crippen molar-refractivity contribution in [1.82, 2.24) is 5.32 Å². The summed E-state index contributed by atoms with van der Waals surface area (Å²) in [7, 11) is 1.93. The number of para-hydroxylation sites is 1. The van der Waals surface area contributed by atoms with Crippen LogP contribution in [0.1, 0.15) is 5.56 Å². The highest BCUT2D eigenvalue weighted by Gasteiger charge is 2.08. The van der Waals surface area contributed by atoms with Gasteiger partial charge in [-0.1, -0.05) is 34.1 Å². The first-order valence-corrected chi connectivity index (χ1v) is 8.00. The maximum absolute atomic E-state index is 6.07. The number of hydrogen-bond acceptors (Lipinski definition) is 3. The van der Waals surface area contributed by atoms with E-state index in [0.29, 0.717) is 0 Å². The number of thioether (sulfide) groups is 1. The van der Waals surface area contributed by atoms with Crippen molar-refractivity contribution in [1.29, 1.82) is 0 Å². The number of rotatable bonds is 5. The van der Waals surface area contributed by atoms with Crippen LogP contribution in [-0.2, 0) is 6.54 Å². The maximum Gasteiger partial charge on any atom is 0.140 e. The van der Waals surface area contributed by atoms with Gasteiger partial charge >= 0.3 is 0 Å². The average Bonchev–Trinajstić information content (AvgIpc) is 2.42. The van der Waals surface area contributed by atoms with Gasteiger partial charge in [0, 0.05) is 21.5 Å². The van der Waals surface area contributed by atoms with E-state index >= 15 is 0 Å². The lowest BCUT2D eigenvalue weighted by Gasteiger charge is -2.13. The van der Waals surface area contributed by atoms with Crippen molar-refractivity contribution >= 4 is 27.7 Å². The van der Waals surface area contributed by atoms with Crippen LogP contribution in [0.15, 0.2) is 51.8 Å². The van der Waals surface area contributed by atoms with E-state index in [1.54, 1.807) is 11.8 Å². The van der Waals surface area contributed by atoms with E-state index in [1.807, 2.05) is 37.4 Å². The van der Waals surface area contributed by atoms with Gasteiger partial charge in [-0.25, -0.2) is 0 Å². The number of nitrogens with one attached hydrogen (secondary N) is 1. The van der Waals surface area contributed by atoms with E-state index in [-0.39, 0.29) is 0 Å². The Balaban J connectivity index is 2.34. The van der Waals surface area contributed by atoms with Gasteiger partial charge in [0.05, 0.1) is 0 Å². The van der Waals surface area contributed by atoms with Gasteiger partial charge in [-0.15, -0.1) is 11.8 Å². The Morgan fingerprint density at radius 2 is 1.95 bits per heavy atom. The summed E-state index contributed by atoms with van der Waals surface area (Å²) in [5.74, 6) is 1.77. The lowest BCUT2D eigenvalue weighted by molar-refractivity contribution is 0.463. The molecular formula is C15H16BrNOS. The molecule has 0 atom stereocenters. The summed E-state index contributed by atoms with van der Waals surface area (Å²) in [6.45, 7) is 0.782. The molecule has 0 aliphatic heterocycles. The van der Waals surface area contributed by atoms with Crippen molar-refractivity contribution < 1.29 is 4.74 Å². The molecule has 0 saturated heterocycles. The fourth-order valence-electron chi connectivity index (χ4n) is 1.78. The van der Waals surface area contributed by atoms with Crippen molar-refractivity contribution in [2.45, 2.75) is 11.4 Å². The van der Waals surface area contributed by atoms with Crippen molar-refractivity contribution in [2.24, 2.45) is 0 Å². The highest BCUT2D eigenvalue weighted by atomic mass is 79.9. The summed E-state index contributed by atoms with van der Waals surface area (Å²) in [5, 5.41) is 3.16. The second-order valence-corrected chi connectivity index (χ2v) is 5.80. The van der Waals surface area contributed by atoms with Gasteiger partial charge in [0.2, 0.25) is 0 Å². The van der Waals surface area contributed by atoms with Gasteiger partial charge in [0.25, 0.3) is 0 Å². The molecule has 0 spiro atoms. The quantitative estimate of drug-likeness (QED) is 0.800. The van der Waals surface area contributed by atoms with E-state index in [0.717, 1.165) is 33.0 Å². The average molecular weight is 338 g/mol. The van der Waals surface area contributed by atoms with Gasteiger partial charge in [-0.3, -0.25) is 0 Å². The van der Waals surface area contributed by atoms with E-state index in [1.165, 1.54) is 0 Å². The first kappa shape index (κ1) is 14.4. The van der Waals surface area contributed by atoms with Crippen LogP contribution in [0, 0.1) is 0 Å². The minimum atomic E-state index is 0.782. The Bertz CT molecular complexity index is 560. The van der Waals surface area contributed by atoms with Crippen LogP contribution in [0.4, 0.5) is 0 Å². The number of benzene rings is 2. The molecule has 0 aliphatic carbocycles. The van der Waals surface area contributed by atoms with Crippen molar-refractivity contribution in [2.75, 3.05) is 13.3 Å². The summed E-state index contributed by atoms with van der Waals surface area (Å²) >= 11 is 5.18. The molecule has 0 aliphatic rings. The van der Waals surface area contributed by atoms with Gasteiger partial charge < -0.3 is 10.1 Å². The largest absolute Gasteiger partial charge is 0.456 e. The molecule has 2 aromatic rings. The molecule has 0 bridgehead atoms. The zero-order valence-electron chi connectivity index (χ0n) is 10.9. The highest BCUT2D eigenvalue weighted by Crippen LogP contribution is 2.34. The van der Waals surface area contributed by atoms with Gasteiger partial charge in [0.1, 0.15) is 11.5 Å². The normalized spacial score (nSPS) is 10.5. The standard InChI is InChI=1S/C15H16BrNOS/c1-17-10-11-7-8-12(16)9-14(11)18-13-5-3-4-6-15(13)19-2/h3-9,17H,10H2,1-2H3. The first-order chi connectivity index (χ1) is 9.24. The fraction of sp³-hybridized carbons (Fsp3) is 0.200. The molecule has 1 N–H and O–H groups in total. The monoisotopic (exact) mass is 337 g/mol. The zero-order chi connectivity index (χ0) is 13.7. The van der Waals surface area contributed by atoms with E-state index in [4.69, 9.17) is 4.74 Å². The van der Waals surface area contributed by atoms with E-state index in [2.05, 4.69) is 39.6 Å². The van der Waals surface area contributed by atoms with Crippen LogP contribution in [-0.4, -0.2) is 13.3 Å². The fourth-order valence-corrected chi connectivity index (χ4v) is 2.65. The number of ether oxygens (including phenoxy) is 1. The van der Waals surface area contributed by atoms with Crippen molar-refractivity contribution in [3.63, 3.8) is 0 Å². The Kier molecular flexibility index (Phi) is 5.31. The predicted octanol–water partition coefficient (Wildman–Crippen LogP) is 4.68. The van der Waals surface area contributed by atoms with E-state index in [9.17, 15) is 0 Å². The molecule has 0 heterocycles. The Labute approximate surface area is 126 Å². The minimum Gasteiger partial charge on any atom is -0.456 e. The third-order valence-corrected chi connectivity index (χ3v) is 3.96. The molecule has 2 nitrogen and oxygen atoms in total. The molecule has 100 valence electrons. The lowest BCUT2D eigenvalue weighted by atomic mass is 10.2. The topological polar surface area (TPSA) is 21.3 Å². The molecule has 19 heavy (non-hydrogen) atoms. The molecule has 0 saturated carbocycles. The first-order valence-electron chi connectivity index (χ1n) is 5.98.